The van der Waals surface area contributed by atoms with Gasteiger partial charge in [-0.2, -0.15) is 10.2 Å². The first kappa shape index (κ1) is 15.4. The first-order valence-corrected chi connectivity index (χ1v) is 6.54. The predicted molar refractivity (Wildman–Crippen MR) is 80.9 cm³/mol. The van der Waals surface area contributed by atoms with Gasteiger partial charge in [0.15, 0.2) is 0 Å². The summed E-state index contributed by atoms with van der Waals surface area (Å²) in [6.45, 7) is 5.24. The number of amides is 1. The molecule has 8 heteroatoms. The van der Waals surface area contributed by atoms with Crippen LogP contribution in [-0.2, 0) is 4.79 Å². The van der Waals surface area contributed by atoms with E-state index in [4.69, 9.17) is 5.21 Å². The molecule has 22 heavy (non-hydrogen) atoms. The minimum atomic E-state index is -0.677. The fraction of sp³-hybridized carbons (Fsp3) is 0.214. The number of nitrogens with zero attached hydrogens (tertiary/aromatic N) is 5. The molecule has 0 aliphatic rings. The Bertz CT molecular complexity index is 733. The van der Waals surface area contributed by atoms with Gasteiger partial charge in [-0.1, -0.05) is 11.2 Å². The quantitative estimate of drug-likeness (QED) is 0.374. The van der Waals surface area contributed by atoms with Gasteiger partial charge in [-0.05, 0) is 39.0 Å². The zero-order chi connectivity index (χ0) is 16.1. The fourth-order valence-corrected chi connectivity index (χ4v) is 1.85. The van der Waals surface area contributed by atoms with Crippen molar-refractivity contribution in [2.75, 3.05) is 0 Å². The highest BCUT2D eigenvalue weighted by molar-refractivity contribution is 6.38. The Morgan fingerprint density at radius 2 is 2.14 bits per heavy atom. The molecule has 2 rings (SSSR count). The van der Waals surface area contributed by atoms with E-state index in [9.17, 15) is 4.79 Å². The Morgan fingerprint density at radius 3 is 2.68 bits per heavy atom. The maximum absolute atomic E-state index is 12.1. The number of hydrazone groups is 1. The summed E-state index contributed by atoms with van der Waals surface area (Å²) in [7, 11) is 0. The minimum Gasteiger partial charge on any atom is -0.409 e. The van der Waals surface area contributed by atoms with Crippen LogP contribution in [0.2, 0.25) is 0 Å². The molecule has 0 saturated carbocycles. The van der Waals surface area contributed by atoms with Crippen LogP contribution in [0.15, 0.2) is 40.7 Å². The number of aryl methyl sites for hydroxylation is 2. The number of nitrogens with one attached hydrogen (secondary N) is 1. The summed E-state index contributed by atoms with van der Waals surface area (Å²) >= 11 is 0. The molecule has 1 amide bonds. The highest BCUT2D eigenvalue weighted by atomic mass is 16.4. The van der Waals surface area contributed by atoms with Crippen molar-refractivity contribution in [1.82, 2.24) is 20.2 Å². The van der Waals surface area contributed by atoms with Gasteiger partial charge in [0.25, 0.3) is 5.84 Å². The largest absolute Gasteiger partial charge is 0.409 e. The van der Waals surface area contributed by atoms with Crippen LogP contribution in [0, 0.1) is 13.8 Å². The van der Waals surface area contributed by atoms with E-state index in [1.807, 2.05) is 6.07 Å². The summed E-state index contributed by atoms with van der Waals surface area (Å²) in [5, 5.41) is 20.1. The molecule has 0 aromatic carbocycles. The van der Waals surface area contributed by atoms with Gasteiger partial charge >= 0.3 is 5.91 Å². The number of aromatic nitrogens is 3. The molecule has 8 nitrogen and oxygen atoms in total. The van der Waals surface area contributed by atoms with E-state index in [0.29, 0.717) is 22.8 Å². The standard InChI is InChI=1S/C14H16N6O2/c1-9-8-10(2)20(18-9)13(19-22)14(21)17-16-11(3)12-6-4-5-7-15-12/h4-8,22H,1-3H3,(H,17,21)/b16-11+,19-13-. The Hall–Kier alpha value is -3.03. The van der Waals surface area contributed by atoms with Crippen LogP contribution in [0.25, 0.3) is 0 Å². The second-order valence-corrected chi connectivity index (χ2v) is 4.62. The lowest BCUT2D eigenvalue weighted by molar-refractivity contribution is -0.115. The number of pyridine rings is 1. The Labute approximate surface area is 127 Å². The molecule has 2 aromatic rings. The maximum Gasteiger partial charge on any atom is 0.312 e. The fourth-order valence-electron chi connectivity index (χ4n) is 1.85. The van der Waals surface area contributed by atoms with Crippen LogP contribution in [0.5, 0.6) is 0 Å². The summed E-state index contributed by atoms with van der Waals surface area (Å²) in [5.74, 6) is -0.938. The number of hydrogen-bond donors (Lipinski definition) is 2. The van der Waals surface area contributed by atoms with Crippen molar-refractivity contribution >= 4 is 17.5 Å². The lowest BCUT2D eigenvalue weighted by atomic mass is 10.3. The summed E-state index contributed by atoms with van der Waals surface area (Å²) in [5.41, 5.74) is 4.87. The third-order valence-corrected chi connectivity index (χ3v) is 2.87. The third-order valence-electron chi connectivity index (χ3n) is 2.87. The number of carbonyl (C=O) groups is 1. The lowest BCUT2D eigenvalue weighted by Crippen LogP contribution is -2.34. The Balaban J connectivity index is 2.16. The van der Waals surface area contributed by atoms with Gasteiger partial charge in [0.2, 0.25) is 0 Å². The second-order valence-electron chi connectivity index (χ2n) is 4.62. The van der Waals surface area contributed by atoms with Gasteiger partial charge in [0, 0.05) is 11.9 Å². The molecule has 0 spiro atoms. The second kappa shape index (κ2) is 6.61. The molecule has 0 aliphatic carbocycles. The topological polar surface area (TPSA) is 105 Å². The molecule has 2 aromatic heterocycles. The van der Waals surface area contributed by atoms with Crippen molar-refractivity contribution < 1.29 is 10.0 Å². The zero-order valence-electron chi connectivity index (χ0n) is 12.5. The van der Waals surface area contributed by atoms with Crippen LogP contribution in [0.3, 0.4) is 0 Å². The average molecular weight is 300 g/mol. The van der Waals surface area contributed by atoms with Gasteiger partial charge in [-0.25, -0.2) is 10.1 Å². The van der Waals surface area contributed by atoms with E-state index < -0.39 is 5.91 Å². The molecule has 0 aliphatic heterocycles. The summed E-state index contributed by atoms with van der Waals surface area (Å²) < 4.78 is 1.25. The average Bonchev–Trinajstić information content (AvgIpc) is 2.85. The monoisotopic (exact) mass is 300 g/mol. The molecule has 2 N–H and O–H groups in total. The van der Waals surface area contributed by atoms with Gasteiger partial charge in [0.05, 0.1) is 17.1 Å². The van der Waals surface area contributed by atoms with Gasteiger partial charge < -0.3 is 5.21 Å². The van der Waals surface area contributed by atoms with Gasteiger partial charge in [0.1, 0.15) is 0 Å². The van der Waals surface area contributed by atoms with E-state index in [-0.39, 0.29) is 5.84 Å². The SMILES string of the molecule is C/C(=N\NC(=O)/C(=N/O)n1nc(C)cc1C)c1ccccn1. The first-order valence-electron chi connectivity index (χ1n) is 6.54. The molecular formula is C14H16N6O2. The number of hydrogen-bond acceptors (Lipinski definition) is 6. The van der Waals surface area contributed by atoms with E-state index in [1.54, 1.807) is 45.2 Å². The molecule has 0 unspecified atom stereocenters. The molecule has 0 fully saturated rings. The van der Waals surface area contributed by atoms with Crippen LogP contribution in [0.4, 0.5) is 0 Å². The highest BCUT2D eigenvalue weighted by Gasteiger charge is 2.17. The molecule has 0 saturated heterocycles. The number of rotatable bonds is 2. The normalized spacial score (nSPS) is 12.3. The Morgan fingerprint density at radius 1 is 1.36 bits per heavy atom. The molecule has 0 atom stereocenters. The van der Waals surface area contributed by atoms with E-state index in [1.165, 1.54) is 4.68 Å². The van der Waals surface area contributed by atoms with E-state index in [2.05, 4.69) is 25.8 Å². The zero-order valence-corrected chi connectivity index (χ0v) is 12.5. The minimum absolute atomic E-state index is 0.261. The Kier molecular flexibility index (Phi) is 4.62. The molecule has 2 heterocycles. The van der Waals surface area contributed by atoms with Crippen LogP contribution < -0.4 is 5.43 Å². The van der Waals surface area contributed by atoms with E-state index >= 15 is 0 Å². The summed E-state index contributed by atoms with van der Waals surface area (Å²) in [6.07, 6.45) is 1.63. The van der Waals surface area contributed by atoms with Gasteiger partial charge in [-0.15, -0.1) is 0 Å². The van der Waals surface area contributed by atoms with Crippen molar-refractivity contribution in [2.45, 2.75) is 20.8 Å². The predicted octanol–water partition coefficient (Wildman–Crippen LogP) is 1.07. The van der Waals surface area contributed by atoms with Crippen molar-refractivity contribution in [2.24, 2.45) is 10.3 Å². The maximum atomic E-state index is 12.1. The van der Waals surface area contributed by atoms with Crippen molar-refractivity contribution in [1.29, 1.82) is 0 Å². The van der Waals surface area contributed by atoms with E-state index in [0.717, 1.165) is 0 Å². The van der Waals surface area contributed by atoms with Crippen molar-refractivity contribution in [3.63, 3.8) is 0 Å². The third kappa shape index (κ3) is 3.35. The molecule has 114 valence electrons. The summed E-state index contributed by atoms with van der Waals surface area (Å²) in [6, 6.07) is 7.14. The number of carbonyl (C=O) groups excluding carboxylic acids is 1. The smallest absolute Gasteiger partial charge is 0.312 e. The lowest BCUT2D eigenvalue weighted by Gasteiger charge is -2.05. The van der Waals surface area contributed by atoms with Crippen molar-refractivity contribution in [3.05, 3.63) is 47.5 Å². The van der Waals surface area contributed by atoms with Gasteiger partial charge in [-0.3, -0.25) is 9.78 Å². The highest BCUT2D eigenvalue weighted by Crippen LogP contribution is 2.02. The molecular weight excluding hydrogens is 284 g/mol. The van der Waals surface area contributed by atoms with Crippen LogP contribution in [-0.4, -0.2) is 37.4 Å². The molecule has 0 bridgehead atoms. The first-order chi connectivity index (χ1) is 10.5. The number of oxime groups is 1. The molecule has 0 radical (unpaired) electrons. The summed E-state index contributed by atoms with van der Waals surface area (Å²) in [4.78, 5) is 16.2. The van der Waals surface area contributed by atoms with Crippen molar-refractivity contribution in [3.8, 4) is 0 Å². The van der Waals surface area contributed by atoms with Crippen LogP contribution >= 0.6 is 0 Å². The van der Waals surface area contributed by atoms with Crippen LogP contribution in [0.1, 0.15) is 24.0 Å².